The number of hydrogen-bond donors (Lipinski definition) is 0. The van der Waals surface area contributed by atoms with E-state index in [4.69, 9.17) is 5.26 Å². The molecule has 1 heteroatoms. The van der Waals surface area contributed by atoms with Gasteiger partial charge in [-0.25, -0.2) is 0 Å². The van der Waals surface area contributed by atoms with Gasteiger partial charge in [0, 0.05) is 0 Å². The van der Waals surface area contributed by atoms with Crippen LogP contribution in [0.25, 0.3) is 0 Å². The van der Waals surface area contributed by atoms with Crippen LogP contribution in [0, 0.1) is 17.2 Å². The summed E-state index contributed by atoms with van der Waals surface area (Å²) < 4.78 is 0. The standard InChI is InChI=1S/C12H13N/c1-9-6-11-3-2-10(4-5-13)8-12(11)7-9/h2-3,8-9H,4,6-7H2,1H3. The molecule has 0 amide bonds. The van der Waals surface area contributed by atoms with Crippen LogP contribution in [0.15, 0.2) is 18.2 Å². The summed E-state index contributed by atoms with van der Waals surface area (Å²) in [5.41, 5.74) is 4.10. The first kappa shape index (κ1) is 8.31. The lowest BCUT2D eigenvalue weighted by atomic mass is 10.1. The van der Waals surface area contributed by atoms with E-state index in [1.54, 1.807) is 0 Å². The highest BCUT2D eigenvalue weighted by Crippen LogP contribution is 2.27. The molecule has 2 rings (SSSR count). The lowest BCUT2D eigenvalue weighted by molar-refractivity contribution is 0.627. The van der Waals surface area contributed by atoms with Crippen molar-refractivity contribution in [2.24, 2.45) is 5.92 Å². The summed E-state index contributed by atoms with van der Waals surface area (Å²) in [6, 6.07) is 8.65. The molecule has 1 atom stereocenters. The van der Waals surface area contributed by atoms with Crippen molar-refractivity contribution in [1.82, 2.24) is 0 Å². The predicted octanol–water partition coefficient (Wildman–Crippen LogP) is 2.49. The van der Waals surface area contributed by atoms with Crippen molar-refractivity contribution >= 4 is 0 Å². The second kappa shape index (κ2) is 3.22. The summed E-state index contributed by atoms with van der Waals surface area (Å²) in [7, 11) is 0. The predicted molar refractivity (Wildman–Crippen MR) is 52.3 cm³/mol. The Morgan fingerprint density at radius 1 is 1.38 bits per heavy atom. The van der Waals surface area contributed by atoms with Gasteiger partial charge in [-0.2, -0.15) is 5.26 Å². The Morgan fingerprint density at radius 2 is 2.15 bits per heavy atom. The minimum Gasteiger partial charge on any atom is -0.198 e. The summed E-state index contributed by atoms with van der Waals surface area (Å²) in [4.78, 5) is 0. The van der Waals surface area contributed by atoms with E-state index >= 15 is 0 Å². The zero-order chi connectivity index (χ0) is 9.26. The van der Waals surface area contributed by atoms with Crippen LogP contribution >= 0.6 is 0 Å². The molecule has 1 unspecified atom stereocenters. The highest BCUT2D eigenvalue weighted by atomic mass is 14.2. The Balaban J connectivity index is 2.30. The van der Waals surface area contributed by atoms with Crippen LogP contribution in [-0.2, 0) is 19.3 Å². The minimum atomic E-state index is 0.543. The summed E-state index contributed by atoms with van der Waals surface area (Å²) in [6.45, 7) is 2.28. The van der Waals surface area contributed by atoms with E-state index in [9.17, 15) is 0 Å². The van der Waals surface area contributed by atoms with Gasteiger partial charge >= 0.3 is 0 Å². The van der Waals surface area contributed by atoms with Crippen LogP contribution in [0.5, 0.6) is 0 Å². The molecule has 0 aromatic heterocycles. The maximum absolute atomic E-state index is 8.57. The third kappa shape index (κ3) is 1.58. The normalized spacial score (nSPS) is 19.5. The van der Waals surface area contributed by atoms with Crippen molar-refractivity contribution in [1.29, 1.82) is 5.26 Å². The number of nitrogens with zero attached hydrogens (tertiary/aromatic N) is 1. The first-order valence-electron chi connectivity index (χ1n) is 4.77. The van der Waals surface area contributed by atoms with Gasteiger partial charge in [-0.3, -0.25) is 0 Å². The summed E-state index contributed by atoms with van der Waals surface area (Å²) in [5.74, 6) is 0.785. The lowest BCUT2D eigenvalue weighted by Gasteiger charge is -2.00. The van der Waals surface area contributed by atoms with Gasteiger partial charge in [0.1, 0.15) is 0 Å². The zero-order valence-electron chi connectivity index (χ0n) is 7.88. The number of hydrogen-bond acceptors (Lipinski definition) is 1. The van der Waals surface area contributed by atoms with Crippen molar-refractivity contribution in [2.75, 3.05) is 0 Å². The van der Waals surface area contributed by atoms with E-state index in [1.165, 1.54) is 24.0 Å². The van der Waals surface area contributed by atoms with Crippen LogP contribution < -0.4 is 0 Å². The topological polar surface area (TPSA) is 23.8 Å². The Kier molecular flexibility index (Phi) is 2.06. The average molecular weight is 171 g/mol. The van der Waals surface area contributed by atoms with Gasteiger partial charge in [-0.15, -0.1) is 0 Å². The van der Waals surface area contributed by atoms with E-state index in [0.29, 0.717) is 6.42 Å². The fourth-order valence-electron chi connectivity index (χ4n) is 2.09. The zero-order valence-corrected chi connectivity index (χ0v) is 7.88. The van der Waals surface area contributed by atoms with Crippen LogP contribution in [-0.4, -0.2) is 0 Å². The molecule has 66 valence electrons. The van der Waals surface area contributed by atoms with Crippen LogP contribution in [0.2, 0.25) is 0 Å². The van der Waals surface area contributed by atoms with Crippen molar-refractivity contribution in [3.8, 4) is 6.07 Å². The number of fused-ring (bicyclic) bond motifs is 1. The highest BCUT2D eigenvalue weighted by molar-refractivity contribution is 5.36. The molecule has 0 radical (unpaired) electrons. The van der Waals surface area contributed by atoms with E-state index in [0.717, 1.165) is 11.5 Å². The van der Waals surface area contributed by atoms with Gasteiger partial charge in [-0.05, 0) is 35.4 Å². The van der Waals surface area contributed by atoms with Gasteiger partial charge in [0.2, 0.25) is 0 Å². The third-order valence-corrected chi connectivity index (χ3v) is 2.69. The molecule has 0 fully saturated rings. The van der Waals surface area contributed by atoms with Crippen LogP contribution in [0.3, 0.4) is 0 Å². The van der Waals surface area contributed by atoms with Crippen LogP contribution in [0.1, 0.15) is 23.6 Å². The van der Waals surface area contributed by atoms with Gasteiger partial charge in [0.05, 0.1) is 12.5 Å². The van der Waals surface area contributed by atoms with E-state index in [1.807, 2.05) is 0 Å². The van der Waals surface area contributed by atoms with Crippen molar-refractivity contribution in [3.63, 3.8) is 0 Å². The quantitative estimate of drug-likeness (QED) is 0.636. The van der Waals surface area contributed by atoms with Gasteiger partial charge in [0.15, 0.2) is 0 Å². The molecule has 0 saturated heterocycles. The SMILES string of the molecule is CC1Cc2ccc(CC#N)cc2C1. The number of benzene rings is 1. The molecule has 13 heavy (non-hydrogen) atoms. The van der Waals surface area contributed by atoms with Gasteiger partial charge < -0.3 is 0 Å². The number of rotatable bonds is 1. The molecule has 0 aliphatic heterocycles. The molecule has 0 spiro atoms. The molecule has 1 nitrogen and oxygen atoms in total. The van der Waals surface area contributed by atoms with Gasteiger partial charge in [0.25, 0.3) is 0 Å². The largest absolute Gasteiger partial charge is 0.198 e. The molecule has 1 aromatic carbocycles. The second-order valence-corrected chi connectivity index (χ2v) is 3.95. The Bertz CT molecular complexity index is 360. The minimum absolute atomic E-state index is 0.543. The lowest BCUT2D eigenvalue weighted by Crippen LogP contribution is -1.89. The summed E-state index contributed by atoms with van der Waals surface area (Å²) >= 11 is 0. The molecule has 1 aliphatic carbocycles. The maximum Gasteiger partial charge on any atom is 0.0669 e. The first-order valence-corrected chi connectivity index (χ1v) is 4.77. The highest BCUT2D eigenvalue weighted by Gasteiger charge is 2.17. The van der Waals surface area contributed by atoms with E-state index < -0.39 is 0 Å². The van der Waals surface area contributed by atoms with E-state index in [-0.39, 0.29) is 0 Å². The monoisotopic (exact) mass is 171 g/mol. The Hall–Kier alpha value is -1.29. The molecular weight excluding hydrogens is 158 g/mol. The summed E-state index contributed by atoms with van der Waals surface area (Å²) in [6.07, 6.45) is 2.94. The maximum atomic E-state index is 8.57. The molecular formula is C12H13N. The molecule has 1 aromatic rings. The summed E-state index contributed by atoms with van der Waals surface area (Å²) in [5, 5.41) is 8.57. The third-order valence-electron chi connectivity index (χ3n) is 2.69. The average Bonchev–Trinajstić information content (AvgIpc) is 2.44. The molecule has 0 saturated carbocycles. The fourth-order valence-corrected chi connectivity index (χ4v) is 2.09. The first-order chi connectivity index (χ1) is 6.29. The molecule has 0 heterocycles. The second-order valence-electron chi connectivity index (χ2n) is 3.95. The molecule has 1 aliphatic rings. The Labute approximate surface area is 79.0 Å². The number of nitriles is 1. The fraction of sp³-hybridized carbons (Fsp3) is 0.417. The van der Waals surface area contributed by atoms with Crippen molar-refractivity contribution < 1.29 is 0 Å². The van der Waals surface area contributed by atoms with E-state index in [2.05, 4.69) is 31.2 Å². The van der Waals surface area contributed by atoms with Crippen LogP contribution in [0.4, 0.5) is 0 Å². The Morgan fingerprint density at radius 3 is 2.92 bits per heavy atom. The molecule has 0 N–H and O–H groups in total. The van der Waals surface area contributed by atoms with Crippen molar-refractivity contribution in [3.05, 3.63) is 34.9 Å². The molecule has 0 bridgehead atoms. The van der Waals surface area contributed by atoms with Gasteiger partial charge in [-0.1, -0.05) is 25.1 Å². The van der Waals surface area contributed by atoms with Crippen molar-refractivity contribution in [2.45, 2.75) is 26.2 Å². The smallest absolute Gasteiger partial charge is 0.0669 e.